The number of fused-ring (bicyclic) bond motifs is 1. The molecule has 1 unspecified atom stereocenters. The van der Waals surface area contributed by atoms with Gasteiger partial charge in [-0.25, -0.2) is 8.78 Å². The average molecular weight is 496 g/mol. The van der Waals surface area contributed by atoms with Crippen molar-refractivity contribution in [3.63, 3.8) is 0 Å². The van der Waals surface area contributed by atoms with Crippen molar-refractivity contribution in [1.82, 2.24) is 14.7 Å². The Labute approximate surface area is 207 Å². The van der Waals surface area contributed by atoms with E-state index in [4.69, 9.17) is 4.74 Å². The summed E-state index contributed by atoms with van der Waals surface area (Å²) in [5.74, 6) is -3.72. The summed E-state index contributed by atoms with van der Waals surface area (Å²) in [4.78, 5) is 40.2. The number of aromatic nitrogens is 2. The minimum atomic E-state index is -0.707. The van der Waals surface area contributed by atoms with Crippen molar-refractivity contribution in [2.75, 3.05) is 6.54 Å². The molecule has 2 aromatic carbocycles. The van der Waals surface area contributed by atoms with E-state index in [9.17, 15) is 23.2 Å². The van der Waals surface area contributed by atoms with Crippen LogP contribution in [0.3, 0.4) is 0 Å². The molecule has 2 heterocycles. The first-order valence-corrected chi connectivity index (χ1v) is 11.7. The number of carbonyl (C=O) groups excluding carboxylic acids is 2. The standard InChI is InChI=1S/C27H27F2N3O4/c1-15(2)27(35)36-25-22(33)13-30-32-21(14-31(16(3)4)26(34)24(25)32)23(17-7-5-9-19(28)11-17)18-8-6-10-20(29)12-18/h5-13,15-16,21,23H,14H2,1-4H3. The third-order valence-electron chi connectivity index (χ3n) is 6.23. The van der Waals surface area contributed by atoms with Gasteiger partial charge in [0, 0.05) is 18.5 Å². The Balaban J connectivity index is 1.98. The molecule has 3 aromatic rings. The molecule has 1 atom stereocenters. The van der Waals surface area contributed by atoms with Crippen molar-refractivity contribution in [1.29, 1.82) is 0 Å². The minimum Gasteiger partial charge on any atom is -0.420 e. The number of esters is 1. The van der Waals surface area contributed by atoms with E-state index < -0.39 is 52.6 Å². The summed E-state index contributed by atoms with van der Waals surface area (Å²) in [6.45, 7) is 7.01. The van der Waals surface area contributed by atoms with E-state index in [1.165, 1.54) is 28.9 Å². The SMILES string of the molecule is CC(C)C(=O)Oc1c2n(ncc1=O)C(C(c1cccc(F)c1)c1cccc(F)c1)CN(C(C)C)C2=O. The predicted molar refractivity (Wildman–Crippen MR) is 129 cm³/mol. The summed E-state index contributed by atoms with van der Waals surface area (Å²) in [6, 6.07) is 10.9. The topological polar surface area (TPSA) is 81.5 Å². The molecule has 0 saturated carbocycles. The number of rotatable bonds is 6. The highest BCUT2D eigenvalue weighted by Crippen LogP contribution is 2.40. The third kappa shape index (κ3) is 4.78. The summed E-state index contributed by atoms with van der Waals surface area (Å²) in [5.41, 5.74) is 0.201. The van der Waals surface area contributed by atoms with Crippen LogP contribution in [0.5, 0.6) is 5.75 Å². The third-order valence-corrected chi connectivity index (χ3v) is 6.23. The summed E-state index contributed by atoms with van der Waals surface area (Å²) < 4.78 is 35.4. The molecular weight excluding hydrogens is 468 g/mol. The summed E-state index contributed by atoms with van der Waals surface area (Å²) in [7, 11) is 0. The van der Waals surface area contributed by atoms with Gasteiger partial charge in [-0.05, 0) is 49.2 Å². The van der Waals surface area contributed by atoms with E-state index in [2.05, 4.69) is 5.10 Å². The smallest absolute Gasteiger partial charge is 0.313 e. The number of hydrogen-bond acceptors (Lipinski definition) is 5. The zero-order valence-electron chi connectivity index (χ0n) is 20.4. The summed E-state index contributed by atoms with van der Waals surface area (Å²) >= 11 is 0. The summed E-state index contributed by atoms with van der Waals surface area (Å²) in [5, 5.41) is 4.25. The van der Waals surface area contributed by atoms with Crippen molar-refractivity contribution in [3.05, 3.63) is 93.4 Å². The van der Waals surface area contributed by atoms with E-state index in [0.717, 1.165) is 6.20 Å². The zero-order valence-corrected chi connectivity index (χ0v) is 20.4. The Morgan fingerprint density at radius 3 is 2.08 bits per heavy atom. The second kappa shape index (κ2) is 10.0. The van der Waals surface area contributed by atoms with Crippen molar-refractivity contribution in [3.8, 4) is 5.75 Å². The highest BCUT2D eigenvalue weighted by molar-refractivity contribution is 5.97. The molecule has 4 rings (SSSR count). The molecule has 0 aliphatic carbocycles. The fraction of sp³-hybridized carbons (Fsp3) is 0.333. The lowest BCUT2D eigenvalue weighted by atomic mass is 9.83. The van der Waals surface area contributed by atoms with Gasteiger partial charge in [-0.2, -0.15) is 5.10 Å². The largest absolute Gasteiger partial charge is 0.420 e. The highest BCUT2D eigenvalue weighted by Gasteiger charge is 2.41. The van der Waals surface area contributed by atoms with Crippen LogP contribution in [0.25, 0.3) is 0 Å². The van der Waals surface area contributed by atoms with Gasteiger partial charge < -0.3 is 9.64 Å². The van der Waals surface area contributed by atoms with Crippen LogP contribution in [0.15, 0.2) is 59.5 Å². The van der Waals surface area contributed by atoms with Crippen LogP contribution in [-0.4, -0.2) is 39.1 Å². The molecular formula is C27H27F2N3O4. The maximum Gasteiger partial charge on any atom is 0.313 e. The van der Waals surface area contributed by atoms with Gasteiger partial charge in [0.05, 0.1) is 18.2 Å². The number of amides is 1. The van der Waals surface area contributed by atoms with E-state index in [-0.39, 0.29) is 18.3 Å². The molecule has 36 heavy (non-hydrogen) atoms. The van der Waals surface area contributed by atoms with Crippen LogP contribution in [0.1, 0.15) is 61.3 Å². The molecule has 0 N–H and O–H groups in total. The molecule has 188 valence electrons. The average Bonchev–Trinajstić information content (AvgIpc) is 2.82. The molecule has 1 aliphatic rings. The Kier molecular flexibility index (Phi) is 7.01. The van der Waals surface area contributed by atoms with Crippen LogP contribution in [0.4, 0.5) is 8.78 Å². The lowest BCUT2D eigenvalue weighted by Crippen LogP contribution is -2.50. The lowest BCUT2D eigenvalue weighted by molar-refractivity contribution is -0.137. The first kappa shape index (κ1) is 25.2. The summed E-state index contributed by atoms with van der Waals surface area (Å²) in [6.07, 6.45) is 0.992. The van der Waals surface area contributed by atoms with Crippen molar-refractivity contribution >= 4 is 11.9 Å². The number of ether oxygens (including phenoxy) is 1. The first-order chi connectivity index (χ1) is 17.1. The van der Waals surface area contributed by atoms with Crippen LogP contribution in [0.2, 0.25) is 0 Å². The van der Waals surface area contributed by atoms with Crippen molar-refractivity contribution in [2.45, 2.75) is 45.7 Å². The van der Waals surface area contributed by atoms with Gasteiger partial charge >= 0.3 is 5.97 Å². The highest BCUT2D eigenvalue weighted by atomic mass is 19.1. The van der Waals surface area contributed by atoms with Gasteiger partial charge in [-0.3, -0.25) is 19.1 Å². The Morgan fingerprint density at radius 2 is 1.58 bits per heavy atom. The fourth-order valence-electron chi connectivity index (χ4n) is 4.44. The van der Waals surface area contributed by atoms with Gasteiger partial charge in [-0.15, -0.1) is 0 Å². The van der Waals surface area contributed by atoms with E-state index in [0.29, 0.717) is 11.1 Å². The van der Waals surface area contributed by atoms with Crippen LogP contribution in [-0.2, 0) is 4.79 Å². The maximum atomic E-state index is 14.3. The zero-order chi connectivity index (χ0) is 26.1. The minimum absolute atomic E-state index is 0.147. The molecule has 0 saturated heterocycles. The van der Waals surface area contributed by atoms with Gasteiger partial charge in [-0.1, -0.05) is 38.1 Å². The molecule has 1 amide bonds. The Morgan fingerprint density at radius 1 is 1.00 bits per heavy atom. The van der Waals surface area contributed by atoms with Crippen molar-refractivity contribution in [2.24, 2.45) is 5.92 Å². The molecule has 1 aliphatic heterocycles. The normalized spacial score (nSPS) is 15.5. The molecule has 0 spiro atoms. The van der Waals surface area contributed by atoms with Gasteiger partial charge in [0.1, 0.15) is 11.6 Å². The van der Waals surface area contributed by atoms with Crippen LogP contribution >= 0.6 is 0 Å². The molecule has 0 fully saturated rings. The Hall–Kier alpha value is -3.88. The number of nitrogens with zero attached hydrogens (tertiary/aromatic N) is 3. The predicted octanol–water partition coefficient (Wildman–Crippen LogP) is 4.32. The van der Waals surface area contributed by atoms with Gasteiger partial charge in [0.2, 0.25) is 11.2 Å². The Bertz CT molecular complexity index is 1320. The molecule has 0 bridgehead atoms. The van der Waals surface area contributed by atoms with Gasteiger partial charge in [0.25, 0.3) is 5.91 Å². The second-order valence-corrected chi connectivity index (χ2v) is 9.41. The van der Waals surface area contributed by atoms with E-state index in [1.807, 2.05) is 13.8 Å². The number of benzene rings is 2. The lowest BCUT2D eigenvalue weighted by Gasteiger charge is -2.41. The second-order valence-electron chi connectivity index (χ2n) is 9.41. The van der Waals surface area contributed by atoms with Crippen LogP contribution in [0, 0.1) is 17.6 Å². The van der Waals surface area contributed by atoms with Crippen LogP contribution < -0.4 is 10.2 Å². The van der Waals surface area contributed by atoms with E-state index in [1.54, 1.807) is 43.0 Å². The fourth-order valence-corrected chi connectivity index (χ4v) is 4.44. The number of halogens is 2. The number of carbonyl (C=O) groups is 2. The maximum absolute atomic E-state index is 14.3. The van der Waals surface area contributed by atoms with Gasteiger partial charge in [0.15, 0.2) is 5.69 Å². The number of hydrogen-bond donors (Lipinski definition) is 0. The van der Waals surface area contributed by atoms with E-state index >= 15 is 0 Å². The quantitative estimate of drug-likeness (QED) is 0.476. The van der Waals surface area contributed by atoms with Crippen molar-refractivity contribution < 1.29 is 23.1 Å². The molecule has 9 heteroatoms. The first-order valence-electron chi connectivity index (χ1n) is 11.7. The monoisotopic (exact) mass is 495 g/mol. The molecule has 1 aromatic heterocycles. The molecule has 7 nitrogen and oxygen atoms in total. The molecule has 0 radical (unpaired) electrons.